The van der Waals surface area contributed by atoms with Crippen LogP contribution in [0.4, 0.5) is 5.82 Å². The summed E-state index contributed by atoms with van der Waals surface area (Å²) in [7, 11) is 0. The molecule has 0 fully saturated rings. The lowest BCUT2D eigenvalue weighted by Crippen LogP contribution is -2.25. The molecule has 0 spiro atoms. The Labute approximate surface area is 181 Å². The highest BCUT2D eigenvalue weighted by Crippen LogP contribution is 2.46. The lowest BCUT2D eigenvalue weighted by Gasteiger charge is -2.24. The number of aryl methyl sites for hydroxylation is 2. The van der Waals surface area contributed by atoms with E-state index < -0.39 is 0 Å². The van der Waals surface area contributed by atoms with Crippen LogP contribution in [0.5, 0.6) is 0 Å². The minimum atomic E-state index is -0.00646. The zero-order valence-corrected chi connectivity index (χ0v) is 18.1. The molecule has 5 nitrogen and oxygen atoms in total. The number of benzene rings is 2. The van der Waals surface area contributed by atoms with Crippen molar-refractivity contribution in [1.29, 1.82) is 0 Å². The number of nitrogens with one attached hydrogen (secondary N) is 1. The van der Waals surface area contributed by atoms with Crippen molar-refractivity contribution in [1.82, 2.24) is 14.8 Å². The lowest BCUT2D eigenvalue weighted by molar-refractivity contribution is -0.116. The van der Waals surface area contributed by atoms with Gasteiger partial charge in [0.1, 0.15) is 5.82 Å². The second-order valence-electron chi connectivity index (χ2n) is 7.60. The molecule has 1 N–H and O–H groups in total. The van der Waals surface area contributed by atoms with Crippen LogP contribution in [-0.4, -0.2) is 20.7 Å². The molecule has 1 aliphatic heterocycles. The molecule has 0 saturated carbocycles. The van der Waals surface area contributed by atoms with Crippen LogP contribution < -0.4 is 5.32 Å². The highest BCUT2D eigenvalue weighted by Gasteiger charge is 2.35. The molecule has 30 heavy (non-hydrogen) atoms. The van der Waals surface area contributed by atoms with Crippen LogP contribution in [0.1, 0.15) is 34.0 Å². The van der Waals surface area contributed by atoms with Crippen molar-refractivity contribution >= 4 is 54.7 Å². The Bertz CT molecular complexity index is 1430. The predicted octanol–water partition coefficient (Wildman–Crippen LogP) is 5.79. The van der Waals surface area contributed by atoms with Crippen molar-refractivity contribution < 1.29 is 4.79 Å². The van der Waals surface area contributed by atoms with Gasteiger partial charge in [-0.25, -0.2) is 4.98 Å². The van der Waals surface area contributed by atoms with Gasteiger partial charge < -0.3 is 5.32 Å². The molecule has 1 amide bonds. The number of anilines is 1. The Hall–Kier alpha value is -3.03. The number of fused-ring (bicyclic) bond motifs is 3. The van der Waals surface area contributed by atoms with Gasteiger partial charge in [0.2, 0.25) is 11.0 Å². The molecule has 1 unspecified atom stereocenters. The summed E-state index contributed by atoms with van der Waals surface area (Å²) in [6.45, 7) is 4.18. The zero-order valence-electron chi connectivity index (χ0n) is 16.5. The number of hydrogen-bond acceptors (Lipinski definition) is 5. The summed E-state index contributed by atoms with van der Waals surface area (Å²) in [5, 5.41) is 9.90. The minimum absolute atomic E-state index is 0.00646. The van der Waals surface area contributed by atoms with E-state index in [0.29, 0.717) is 6.42 Å². The van der Waals surface area contributed by atoms with E-state index in [1.165, 1.54) is 20.5 Å². The normalized spacial score (nSPS) is 16.2. The topological polar surface area (TPSA) is 59.8 Å². The SMILES string of the molecule is Cc1nn(-c2nc3ccccc3s2)c2c1C(c1c(C)sc3ccccc13)CC(=O)N2. The summed E-state index contributed by atoms with van der Waals surface area (Å²) in [4.78, 5) is 18.8. The summed E-state index contributed by atoms with van der Waals surface area (Å²) in [6.07, 6.45) is 0.431. The van der Waals surface area contributed by atoms with Crippen LogP contribution in [0.2, 0.25) is 0 Å². The molecule has 5 aromatic rings. The lowest BCUT2D eigenvalue weighted by atomic mass is 9.84. The first-order chi connectivity index (χ1) is 14.6. The standard InChI is InChI=1S/C23H18N4OS2/c1-12-20-15(21-13(2)29-17-9-5-3-7-14(17)21)11-19(28)25-22(20)27(26-12)23-24-16-8-4-6-10-18(16)30-23/h3-10,15H,11H2,1-2H3,(H,25,28). The number of para-hydroxylation sites is 1. The average Bonchev–Trinajstić information content (AvgIpc) is 3.39. The predicted molar refractivity (Wildman–Crippen MR) is 123 cm³/mol. The molecule has 0 radical (unpaired) electrons. The van der Waals surface area contributed by atoms with E-state index in [-0.39, 0.29) is 11.8 Å². The monoisotopic (exact) mass is 430 g/mol. The van der Waals surface area contributed by atoms with Gasteiger partial charge in [-0.1, -0.05) is 41.7 Å². The summed E-state index contributed by atoms with van der Waals surface area (Å²) < 4.78 is 4.17. The Morgan fingerprint density at radius 1 is 1.00 bits per heavy atom. The minimum Gasteiger partial charge on any atom is -0.310 e. The van der Waals surface area contributed by atoms with Crippen molar-refractivity contribution in [3.8, 4) is 5.13 Å². The van der Waals surface area contributed by atoms with Crippen LogP contribution in [-0.2, 0) is 4.79 Å². The number of rotatable bonds is 2. The maximum atomic E-state index is 12.8. The van der Waals surface area contributed by atoms with E-state index in [0.717, 1.165) is 32.4 Å². The fourth-order valence-corrected chi connectivity index (χ4v) is 6.55. The third-order valence-corrected chi connectivity index (χ3v) is 7.85. The third kappa shape index (κ3) is 2.55. The van der Waals surface area contributed by atoms with Gasteiger partial charge in [0, 0.05) is 27.5 Å². The van der Waals surface area contributed by atoms with Gasteiger partial charge in [0.25, 0.3) is 0 Å². The number of aromatic nitrogens is 3. The van der Waals surface area contributed by atoms with Gasteiger partial charge in [0.05, 0.1) is 15.9 Å². The summed E-state index contributed by atoms with van der Waals surface area (Å²) in [6, 6.07) is 16.5. The van der Waals surface area contributed by atoms with Crippen molar-refractivity contribution in [2.75, 3.05) is 5.32 Å². The van der Waals surface area contributed by atoms with Gasteiger partial charge in [-0.3, -0.25) is 4.79 Å². The average molecular weight is 431 g/mol. The molecule has 0 saturated heterocycles. The highest BCUT2D eigenvalue weighted by molar-refractivity contribution is 7.20. The quantitative estimate of drug-likeness (QED) is 0.386. The number of carbonyl (C=O) groups excluding carboxylic acids is 1. The zero-order chi connectivity index (χ0) is 20.4. The fourth-order valence-electron chi connectivity index (χ4n) is 4.50. The maximum absolute atomic E-state index is 12.8. The smallest absolute Gasteiger partial charge is 0.226 e. The molecule has 4 heterocycles. The van der Waals surface area contributed by atoms with Crippen LogP contribution in [0.25, 0.3) is 25.4 Å². The van der Waals surface area contributed by atoms with E-state index in [4.69, 9.17) is 10.1 Å². The molecule has 6 rings (SSSR count). The number of thiazole rings is 1. The first-order valence-corrected chi connectivity index (χ1v) is 11.5. The van der Waals surface area contributed by atoms with Crippen LogP contribution in [0, 0.1) is 13.8 Å². The van der Waals surface area contributed by atoms with Crippen molar-refractivity contribution in [3.63, 3.8) is 0 Å². The van der Waals surface area contributed by atoms with Gasteiger partial charge >= 0.3 is 0 Å². The number of carbonyl (C=O) groups is 1. The van der Waals surface area contributed by atoms with E-state index in [1.54, 1.807) is 22.7 Å². The Morgan fingerprint density at radius 2 is 1.77 bits per heavy atom. The summed E-state index contributed by atoms with van der Waals surface area (Å²) in [5.74, 6) is 0.764. The van der Waals surface area contributed by atoms with Gasteiger partial charge in [0.15, 0.2) is 0 Å². The van der Waals surface area contributed by atoms with Crippen molar-refractivity contribution in [2.45, 2.75) is 26.2 Å². The highest BCUT2D eigenvalue weighted by atomic mass is 32.1. The molecule has 1 atom stereocenters. The molecule has 1 aliphatic rings. The fraction of sp³-hybridized carbons (Fsp3) is 0.174. The first kappa shape index (κ1) is 17.8. The Morgan fingerprint density at radius 3 is 2.60 bits per heavy atom. The van der Waals surface area contributed by atoms with Crippen LogP contribution in [0.15, 0.2) is 48.5 Å². The molecular formula is C23H18N4OS2. The molecule has 148 valence electrons. The molecule has 2 aromatic carbocycles. The molecule has 0 bridgehead atoms. The molecule has 0 aliphatic carbocycles. The molecule has 3 aromatic heterocycles. The van der Waals surface area contributed by atoms with Crippen molar-refractivity contribution in [3.05, 3.63) is 70.2 Å². The largest absolute Gasteiger partial charge is 0.310 e. The molecular weight excluding hydrogens is 412 g/mol. The Kier molecular flexibility index (Phi) is 3.85. The van der Waals surface area contributed by atoms with Crippen molar-refractivity contribution in [2.24, 2.45) is 0 Å². The van der Waals surface area contributed by atoms with Crippen LogP contribution >= 0.6 is 22.7 Å². The van der Waals surface area contributed by atoms with E-state index in [2.05, 4.69) is 42.6 Å². The van der Waals surface area contributed by atoms with E-state index in [1.807, 2.05) is 29.8 Å². The van der Waals surface area contributed by atoms with Gasteiger partial charge in [-0.05, 0) is 43.0 Å². The maximum Gasteiger partial charge on any atom is 0.226 e. The van der Waals surface area contributed by atoms with E-state index >= 15 is 0 Å². The molecule has 7 heteroatoms. The second kappa shape index (κ2) is 6.48. The summed E-state index contributed by atoms with van der Waals surface area (Å²) in [5.41, 5.74) is 4.22. The number of nitrogens with zero attached hydrogens (tertiary/aromatic N) is 3. The number of amides is 1. The van der Waals surface area contributed by atoms with Gasteiger partial charge in [-0.15, -0.1) is 11.3 Å². The number of hydrogen-bond donors (Lipinski definition) is 1. The Balaban J connectivity index is 1.57. The second-order valence-corrected chi connectivity index (χ2v) is 9.86. The van der Waals surface area contributed by atoms with E-state index in [9.17, 15) is 4.79 Å². The van der Waals surface area contributed by atoms with Gasteiger partial charge in [-0.2, -0.15) is 9.78 Å². The third-order valence-electron chi connectivity index (χ3n) is 5.73. The summed E-state index contributed by atoms with van der Waals surface area (Å²) >= 11 is 3.37. The first-order valence-electron chi connectivity index (χ1n) is 9.83. The van der Waals surface area contributed by atoms with Crippen LogP contribution in [0.3, 0.4) is 0 Å². The number of thiophene rings is 1.